The van der Waals surface area contributed by atoms with E-state index in [2.05, 4.69) is 34.6 Å². The van der Waals surface area contributed by atoms with Crippen molar-refractivity contribution in [2.75, 3.05) is 0 Å². The van der Waals surface area contributed by atoms with Crippen molar-refractivity contribution in [2.24, 2.45) is 28.6 Å². The molecule has 3 saturated carbocycles. The summed E-state index contributed by atoms with van der Waals surface area (Å²) in [7, 11) is 0. The normalized spacial score (nSPS) is 52.8. The fourth-order valence-electron chi connectivity index (χ4n) is 3.95. The van der Waals surface area contributed by atoms with Crippen LogP contribution in [0.3, 0.4) is 0 Å². The maximum Gasteiger partial charge on any atom is -0.0294 e. The number of hydrogen-bond donors (Lipinski definition) is 0. The summed E-state index contributed by atoms with van der Waals surface area (Å²) in [6.45, 7) is 12.3. The lowest BCUT2D eigenvalue weighted by atomic mass is 9.39. The third kappa shape index (κ3) is 1.04. The third-order valence-electron chi connectivity index (χ3n) is 5.77. The molecule has 0 aromatic heterocycles. The van der Waals surface area contributed by atoms with Crippen LogP contribution in [0.4, 0.5) is 0 Å². The van der Waals surface area contributed by atoms with Gasteiger partial charge in [-0.25, -0.2) is 0 Å². The molecule has 2 bridgehead atoms. The van der Waals surface area contributed by atoms with Crippen LogP contribution in [-0.2, 0) is 0 Å². The fraction of sp³-hybridized carbons (Fsp3) is 1.00. The first-order chi connectivity index (χ1) is 5.92. The van der Waals surface area contributed by atoms with Crippen LogP contribution in [0.2, 0.25) is 0 Å². The molecule has 0 aromatic carbocycles. The third-order valence-corrected chi connectivity index (χ3v) is 5.77. The van der Waals surface area contributed by atoms with Crippen LogP contribution in [0, 0.1) is 28.6 Å². The van der Waals surface area contributed by atoms with Crippen LogP contribution in [0.1, 0.15) is 53.9 Å². The van der Waals surface area contributed by atoms with E-state index in [0.717, 1.165) is 17.8 Å². The highest BCUT2D eigenvalue weighted by atomic mass is 14.6. The average molecular weight is 180 g/mol. The Labute approximate surface area is 83.1 Å². The first-order valence-corrected chi connectivity index (χ1v) is 5.92. The van der Waals surface area contributed by atoms with E-state index in [4.69, 9.17) is 0 Å². The summed E-state index contributed by atoms with van der Waals surface area (Å²) in [6.07, 6.45) is 4.37. The molecule has 3 rings (SSSR count). The Balaban J connectivity index is 2.21. The molecule has 13 heavy (non-hydrogen) atoms. The van der Waals surface area contributed by atoms with Gasteiger partial charge in [0.25, 0.3) is 0 Å². The van der Waals surface area contributed by atoms with Gasteiger partial charge in [0, 0.05) is 0 Å². The molecule has 0 amide bonds. The van der Waals surface area contributed by atoms with E-state index in [1.807, 2.05) is 0 Å². The zero-order valence-electron chi connectivity index (χ0n) is 9.85. The molecule has 3 aliphatic rings. The minimum atomic E-state index is 0.656. The average Bonchev–Trinajstić information content (AvgIpc) is 2.09. The van der Waals surface area contributed by atoms with Crippen LogP contribution >= 0.6 is 0 Å². The summed E-state index contributed by atoms with van der Waals surface area (Å²) >= 11 is 0. The summed E-state index contributed by atoms with van der Waals surface area (Å²) in [6, 6.07) is 0. The molecule has 0 N–H and O–H groups in total. The lowest BCUT2D eigenvalue weighted by molar-refractivity contribution is -0.164. The molecule has 4 unspecified atom stereocenters. The van der Waals surface area contributed by atoms with Gasteiger partial charge in [-0.15, -0.1) is 0 Å². The van der Waals surface area contributed by atoms with E-state index in [1.54, 1.807) is 0 Å². The SMILES string of the molecule is CCC1(C)CC2CC(C1C)C2(C)C. The van der Waals surface area contributed by atoms with Crippen molar-refractivity contribution in [3.63, 3.8) is 0 Å². The molecule has 0 heterocycles. The second kappa shape index (κ2) is 2.52. The Kier molecular flexibility index (Phi) is 1.85. The van der Waals surface area contributed by atoms with Gasteiger partial charge in [0.15, 0.2) is 0 Å². The monoisotopic (exact) mass is 180 g/mol. The van der Waals surface area contributed by atoms with Crippen molar-refractivity contribution in [3.05, 3.63) is 0 Å². The number of hydrogen-bond acceptors (Lipinski definition) is 0. The predicted octanol–water partition coefficient (Wildman–Crippen LogP) is 4.10. The minimum Gasteiger partial charge on any atom is -0.0649 e. The minimum absolute atomic E-state index is 0.656. The molecule has 4 atom stereocenters. The van der Waals surface area contributed by atoms with E-state index in [-0.39, 0.29) is 0 Å². The predicted molar refractivity (Wildman–Crippen MR) is 57.6 cm³/mol. The van der Waals surface area contributed by atoms with Crippen LogP contribution < -0.4 is 0 Å². The Bertz CT molecular complexity index is 216. The van der Waals surface area contributed by atoms with Gasteiger partial charge < -0.3 is 0 Å². The largest absolute Gasteiger partial charge is 0.0649 e. The summed E-state index contributed by atoms with van der Waals surface area (Å²) in [5, 5.41) is 0. The molecule has 0 aliphatic heterocycles. The van der Waals surface area contributed by atoms with Gasteiger partial charge in [-0.3, -0.25) is 0 Å². The van der Waals surface area contributed by atoms with Gasteiger partial charge in [-0.05, 0) is 41.4 Å². The quantitative estimate of drug-likeness (QED) is 0.570. The highest BCUT2D eigenvalue weighted by Gasteiger charge is 2.59. The number of fused-ring (bicyclic) bond motifs is 2. The fourth-order valence-corrected chi connectivity index (χ4v) is 3.95. The molecule has 0 heteroatoms. The van der Waals surface area contributed by atoms with Gasteiger partial charge in [-0.1, -0.05) is 41.0 Å². The van der Waals surface area contributed by atoms with Crippen LogP contribution in [0.25, 0.3) is 0 Å². The highest BCUT2D eigenvalue weighted by molar-refractivity contribution is 5.08. The van der Waals surface area contributed by atoms with Crippen molar-refractivity contribution >= 4 is 0 Å². The van der Waals surface area contributed by atoms with E-state index < -0.39 is 0 Å². The summed E-state index contributed by atoms with van der Waals surface area (Å²) in [5.41, 5.74) is 1.32. The second-order valence-electron chi connectivity index (χ2n) is 6.36. The molecule has 3 fully saturated rings. The highest BCUT2D eigenvalue weighted by Crippen LogP contribution is 2.67. The zero-order chi connectivity index (χ0) is 9.85. The van der Waals surface area contributed by atoms with Gasteiger partial charge in [0.2, 0.25) is 0 Å². The van der Waals surface area contributed by atoms with E-state index in [1.165, 1.54) is 19.3 Å². The Morgan fingerprint density at radius 3 is 2.23 bits per heavy atom. The molecular formula is C13H24. The Morgan fingerprint density at radius 1 is 1.23 bits per heavy atom. The van der Waals surface area contributed by atoms with Crippen molar-refractivity contribution in [2.45, 2.75) is 53.9 Å². The van der Waals surface area contributed by atoms with Crippen molar-refractivity contribution in [3.8, 4) is 0 Å². The lowest BCUT2D eigenvalue weighted by Gasteiger charge is -2.65. The molecule has 3 aliphatic carbocycles. The molecule has 0 spiro atoms. The summed E-state index contributed by atoms with van der Waals surface area (Å²) < 4.78 is 0. The van der Waals surface area contributed by atoms with Crippen LogP contribution in [0.15, 0.2) is 0 Å². The van der Waals surface area contributed by atoms with Gasteiger partial charge in [0.05, 0.1) is 0 Å². The molecule has 76 valence electrons. The van der Waals surface area contributed by atoms with Crippen molar-refractivity contribution < 1.29 is 0 Å². The van der Waals surface area contributed by atoms with Gasteiger partial charge in [-0.2, -0.15) is 0 Å². The summed E-state index contributed by atoms with van der Waals surface area (Å²) in [5.74, 6) is 2.98. The molecule has 0 aromatic rings. The maximum atomic E-state index is 2.51. The van der Waals surface area contributed by atoms with E-state index >= 15 is 0 Å². The van der Waals surface area contributed by atoms with Crippen molar-refractivity contribution in [1.82, 2.24) is 0 Å². The van der Waals surface area contributed by atoms with Crippen molar-refractivity contribution in [1.29, 1.82) is 0 Å². The van der Waals surface area contributed by atoms with Crippen LogP contribution in [-0.4, -0.2) is 0 Å². The number of rotatable bonds is 1. The zero-order valence-corrected chi connectivity index (χ0v) is 9.85. The second-order valence-corrected chi connectivity index (χ2v) is 6.36. The first kappa shape index (κ1) is 9.55. The van der Waals surface area contributed by atoms with E-state index in [9.17, 15) is 0 Å². The molecule has 0 radical (unpaired) electrons. The van der Waals surface area contributed by atoms with Crippen LogP contribution in [0.5, 0.6) is 0 Å². The van der Waals surface area contributed by atoms with Gasteiger partial charge in [0.1, 0.15) is 0 Å². The maximum absolute atomic E-state index is 2.51. The standard InChI is InChI=1S/C13H24/c1-6-13(5)8-10-7-11(9(13)2)12(10,3)4/h9-11H,6-8H2,1-5H3. The first-order valence-electron chi connectivity index (χ1n) is 5.92. The Hall–Kier alpha value is 0. The molecular weight excluding hydrogens is 156 g/mol. The van der Waals surface area contributed by atoms with Gasteiger partial charge >= 0.3 is 0 Å². The Morgan fingerprint density at radius 2 is 1.85 bits per heavy atom. The molecule has 0 nitrogen and oxygen atoms in total. The topological polar surface area (TPSA) is 0 Å². The molecule has 0 saturated heterocycles. The van der Waals surface area contributed by atoms with E-state index in [0.29, 0.717) is 10.8 Å². The lowest BCUT2D eigenvalue weighted by Crippen LogP contribution is -2.58. The summed E-state index contributed by atoms with van der Waals surface area (Å²) in [4.78, 5) is 0. The smallest absolute Gasteiger partial charge is 0.0294 e.